The van der Waals surface area contributed by atoms with Crippen LogP contribution in [0.15, 0.2) is 45.3 Å². The number of benzene rings is 2. The molecule has 0 radical (unpaired) electrons. The third-order valence-electron chi connectivity index (χ3n) is 3.42. The highest BCUT2D eigenvalue weighted by molar-refractivity contribution is 9.10. The third kappa shape index (κ3) is 2.62. The Morgan fingerprint density at radius 3 is 2.70 bits per heavy atom. The van der Waals surface area contributed by atoms with Gasteiger partial charge < -0.3 is 10.5 Å². The maximum absolute atomic E-state index is 13.6. The van der Waals surface area contributed by atoms with Crippen molar-refractivity contribution in [1.29, 1.82) is 0 Å². The third-order valence-corrected chi connectivity index (χ3v) is 4.56. The van der Waals surface area contributed by atoms with Crippen molar-refractivity contribution in [3.63, 3.8) is 0 Å². The van der Waals surface area contributed by atoms with E-state index in [1.54, 1.807) is 6.07 Å². The van der Waals surface area contributed by atoms with Gasteiger partial charge in [-0.15, -0.1) is 0 Å². The van der Waals surface area contributed by atoms with Gasteiger partial charge in [-0.3, -0.25) is 0 Å². The SMILES string of the molecule is NC1CC(c2ccc(Br)c(F)c2)Oc2ccc(Br)cc21. The maximum atomic E-state index is 13.6. The van der Waals surface area contributed by atoms with E-state index in [2.05, 4.69) is 31.9 Å². The zero-order valence-corrected chi connectivity index (χ0v) is 13.6. The van der Waals surface area contributed by atoms with Crippen molar-refractivity contribution < 1.29 is 9.13 Å². The van der Waals surface area contributed by atoms with Crippen molar-refractivity contribution in [3.8, 4) is 5.75 Å². The molecule has 104 valence electrons. The fraction of sp³-hybridized carbons (Fsp3) is 0.200. The van der Waals surface area contributed by atoms with Crippen LogP contribution in [0.4, 0.5) is 4.39 Å². The topological polar surface area (TPSA) is 35.2 Å². The highest BCUT2D eigenvalue weighted by Gasteiger charge is 2.27. The number of halogens is 3. The number of hydrogen-bond acceptors (Lipinski definition) is 2. The van der Waals surface area contributed by atoms with Gasteiger partial charge in [0.25, 0.3) is 0 Å². The molecule has 2 unspecified atom stereocenters. The molecule has 3 rings (SSSR count). The van der Waals surface area contributed by atoms with Gasteiger partial charge in [-0.2, -0.15) is 0 Å². The summed E-state index contributed by atoms with van der Waals surface area (Å²) in [5.41, 5.74) is 7.99. The summed E-state index contributed by atoms with van der Waals surface area (Å²) < 4.78 is 21.0. The van der Waals surface area contributed by atoms with Crippen LogP contribution in [0.3, 0.4) is 0 Å². The van der Waals surface area contributed by atoms with Gasteiger partial charge >= 0.3 is 0 Å². The molecule has 0 fully saturated rings. The van der Waals surface area contributed by atoms with Crippen LogP contribution in [0.1, 0.15) is 29.7 Å². The summed E-state index contributed by atoms with van der Waals surface area (Å²) in [6.07, 6.45) is 0.408. The minimum atomic E-state index is -0.290. The Hall–Kier alpha value is -0.910. The van der Waals surface area contributed by atoms with Gasteiger partial charge in [0.05, 0.1) is 4.47 Å². The van der Waals surface area contributed by atoms with Gasteiger partial charge in [-0.25, -0.2) is 4.39 Å². The predicted octanol–water partition coefficient (Wildman–Crippen LogP) is 4.87. The Bertz CT molecular complexity index is 662. The summed E-state index contributed by atoms with van der Waals surface area (Å²) in [4.78, 5) is 0. The quantitative estimate of drug-likeness (QED) is 0.740. The van der Waals surface area contributed by atoms with E-state index in [1.165, 1.54) is 6.07 Å². The lowest BCUT2D eigenvalue weighted by Gasteiger charge is -2.30. The van der Waals surface area contributed by atoms with E-state index >= 15 is 0 Å². The van der Waals surface area contributed by atoms with Gasteiger partial charge in [-0.05, 0) is 51.8 Å². The molecule has 0 spiro atoms. The molecule has 0 aromatic heterocycles. The van der Waals surface area contributed by atoms with E-state index in [4.69, 9.17) is 10.5 Å². The van der Waals surface area contributed by atoms with Crippen molar-refractivity contribution >= 4 is 31.9 Å². The van der Waals surface area contributed by atoms with Gasteiger partial charge in [0.15, 0.2) is 0 Å². The number of rotatable bonds is 1. The second-order valence-corrected chi connectivity index (χ2v) is 6.57. The number of fused-ring (bicyclic) bond motifs is 1. The largest absolute Gasteiger partial charge is 0.485 e. The molecule has 0 amide bonds. The number of hydrogen-bond donors (Lipinski definition) is 1. The van der Waals surface area contributed by atoms with Crippen LogP contribution in [-0.2, 0) is 0 Å². The zero-order valence-electron chi connectivity index (χ0n) is 10.4. The Balaban J connectivity index is 1.94. The summed E-state index contributed by atoms with van der Waals surface area (Å²) in [5.74, 6) is 0.474. The molecule has 2 nitrogen and oxygen atoms in total. The lowest BCUT2D eigenvalue weighted by atomic mass is 9.93. The molecule has 1 heterocycles. The van der Waals surface area contributed by atoms with Crippen LogP contribution in [0.5, 0.6) is 5.75 Å². The Labute approximate surface area is 133 Å². The summed E-state index contributed by atoms with van der Waals surface area (Å²) in [5, 5.41) is 0. The van der Waals surface area contributed by atoms with E-state index in [0.717, 1.165) is 21.3 Å². The standard InChI is InChI=1S/C15H12Br2FNO/c16-9-2-4-14-10(6-9)13(19)7-15(20-14)8-1-3-11(17)12(18)5-8/h1-6,13,15H,7,19H2. The Morgan fingerprint density at radius 2 is 1.95 bits per heavy atom. The van der Waals surface area contributed by atoms with Crippen molar-refractivity contribution in [2.75, 3.05) is 0 Å². The van der Waals surface area contributed by atoms with E-state index < -0.39 is 0 Å². The van der Waals surface area contributed by atoms with Crippen molar-refractivity contribution in [2.45, 2.75) is 18.6 Å². The van der Waals surface area contributed by atoms with Gasteiger partial charge in [0, 0.05) is 22.5 Å². The molecule has 2 aromatic carbocycles. The van der Waals surface area contributed by atoms with Gasteiger partial charge in [0.2, 0.25) is 0 Å². The van der Waals surface area contributed by atoms with Gasteiger partial charge in [-0.1, -0.05) is 22.0 Å². The molecular weight excluding hydrogens is 389 g/mol. The highest BCUT2D eigenvalue weighted by Crippen LogP contribution is 2.41. The van der Waals surface area contributed by atoms with E-state index in [9.17, 15) is 4.39 Å². The van der Waals surface area contributed by atoms with Crippen molar-refractivity contribution in [3.05, 3.63) is 62.3 Å². The predicted molar refractivity (Wildman–Crippen MR) is 83.2 cm³/mol. The van der Waals surface area contributed by atoms with E-state index in [1.807, 2.05) is 24.3 Å². The second-order valence-electron chi connectivity index (χ2n) is 4.80. The summed E-state index contributed by atoms with van der Waals surface area (Å²) in [6, 6.07) is 10.7. The van der Waals surface area contributed by atoms with Crippen molar-refractivity contribution in [1.82, 2.24) is 0 Å². The molecule has 2 aromatic rings. The fourth-order valence-corrected chi connectivity index (χ4v) is 3.02. The molecule has 2 atom stereocenters. The summed E-state index contributed by atoms with van der Waals surface area (Å²) in [6.45, 7) is 0. The molecular formula is C15H12Br2FNO. The van der Waals surface area contributed by atoms with E-state index in [-0.39, 0.29) is 18.0 Å². The zero-order chi connectivity index (χ0) is 14.3. The average Bonchev–Trinajstić information content (AvgIpc) is 2.42. The van der Waals surface area contributed by atoms with Crippen molar-refractivity contribution in [2.24, 2.45) is 5.73 Å². The van der Waals surface area contributed by atoms with Crippen LogP contribution in [0.25, 0.3) is 0 Å². The van der Waals surface area contributed by atoms with Crippen LogP contribution in [-0.4, -0.2) is 0 Å². The average molecular weight is 401 g/mol. The minimum absolute atomic E-state index is 0.118. The van der Waals surface area contributed by atoms with Crippen LogP contribution in [0, 0.1) is 5.82 Å². The first kappa shape index (κ1) is 14.0. The summed E-state index contributed by atoms with van der Waals surface area (Å²) >= 11 is 6.58. The Kier molecular flexibility index (Phi) is 3.84. The first-order chi connectivity index (χ1) is 9.54. The molecule has 1 aliphatic rings. The molecule has 0 bridgehead atoms. The number of nitrogens with two attached hydrogens (primary N) is 1. The van der Waals surface area contributed by atoms with Crippen LogP contribution >= 0.6 is 31.9 Å². The van der Waals surface area contributed by atoms with Gasteiger partial charge in [0.1, 0.15) is 17.7 Å². The lowest BCUT2D eigenvalue weighted by Crippen LogP contribution is -2.24. The molecule has 2 N–H and O–H groups in total. The molecule has 0 saturated heterocycles. The highest BCUT2D eigenvalue weighted by atomic mass is 79.9. The monoisotopic (exact) mass is 399 g/mol. The molecule has 20 heavy (non-hydrogen) atoms. The minimum Gasteiger partial charge on any atom is -0.485 e. The van der Waals surface area contributed by atoms with Crippen LogP contribution < -0.4 is 10.5 Å². The molecule has 0 saturated carbocycles. The molecule has 1 aliphatic heterocycles. The first-order valence-electron chi connectivity index (χ1n) is 6.21. The fourth-order valence-electron chi connectivity index (χ4n) is 2.39. The second kappa shape index (κ2) is 5.47. The first-order valence-corrected chi connectivity index (χ1v) is 7.80. The molecule has 5 heteroatoms. The number of ether oxygens (including phenoxy) is 1. The molecule has 0 aliphatic carbocycles. The normalized spacial score (nSPS) is 21.2. The summed E-state index contributed by atoms with van der Waals surface area (Å²) in [7, 11) is 0. The lowest BCUT2D eigenvalue weighted by molar-refractivity contribution is 0.161. The smallest absolute Gasteiger partial charge is 0.137 e. The Morgan fingerprint density at radius 1 is 1.15 bits per heavy atom. The maximum Gasteiger partial charge on any atom is 0.137 e. The van der Waals surface area contributed by atoms with E-state index in [0.29, 0.717) is 10.9 Å². The van der Waals surface area contributed by atoms with Crippen LogP contribution in [0.2, 0.25) is 0 Å².